The molecule has 94 valence electrons. The molecule has 0 amide bonds. The zero-order chi connectivity index (χ0) is 12.8. The van der Waals surface area contributed by atoms with Crippen molar-refractivity contribution >= 4 is 21.6 Å². The van der Waals surface area contributed by atoms with E-state index in [4.69, 9.17) is 0 Å². The van der Waals surface area contributed by atoms with Gasteiger partial charge in [-0.3, -0.25) is 10.1 Å². The lowest BCUT2D eigenvalue weighted by molar-refractivity contribution is -0.387. The average Bonchev–Trinajstić information content (AvgIpc) is 2.27. The van der Waals surface area contributed by atoms with Gasteiger partial charge in [-0.1, -0.05) is 41.4 Å². The Labute approximate surface area is 108 Å². The van der Waals surface area contributed by atoms with Crippen LogP contribution in [0.15, 0.2) is 18.2 Å². The largest absolute Gasteiger partial charge is 0.305 e. The molecule has 3 nitrogen and oxygen atoms in total. The topological polar surface area (TPSA) is 43.1 Å². The van der Waals surface area contributed by atoms with Crippen molar-refractivity contribution in [1.29, 1.82) is 0 Å². The van der Waals surface area contributed by atoms with Crippen LogP contribution in [0.3, 0.4) is 0 Å². The Kier molecular flexibility index (Phi) is 5.55. The summed E-state index contributed by atoms with van der Waals surface area (Å²) in [5.41, 5.74) is -0.0242. The maximum absolute atomic E-state index is 13.7. The summed E-state index contributed by atoms with van der Waals surface area (Å²) >= 11 is 3.51. The molecular weight excluding hydrogens is 289 g/mol. The molecule has 0 aliphatic heterocycles. The number of aryl methyl sites for hydroxylation is 1. The van der Waals surface area contributed by atoms with E-state index in [9.17, 15) is 14.5 Å². The van der Waals surface area contributed by atoms with Crippen LogP contribution in [-0.4, -0.2) is 9.75 Å². The Bertz CT molecular complexity index is 398. The highest BCUT2D eigenvalue weighted by Gasteiger charge is 2.17. The first-order chi connectivity index (χ1) is 8.06. The lowest BCUT2D eigenvalue weighted by Gasteiger charge is -2.08. The van der Waals surface area contributed by atoms with Gasteiger partial charge in [0.05, 0.1) is 4.92 Å². The Morgan fingerprint density at radius 3 is 2.76 bits per heavy atom. The molecule has 1 rings (SSSR count). The van der Waals surface area contributed by atoms with E-state index in [2.05, 4.69) is 22.9 Å². The van der Waals surface area contributed by atoms with Crippen LogP contribution in [-0.2, 0) is 6.42 Å². The predicted molar refractivity (Wildman–Crippen MR) is 69.0 cm³/mol. The van der Waals surface area contributed by atoms with Gasteiger partial charge < -0.3 is 0 Å². The molecule has 1 aromatic carbocycles. The molecular formula is C12H15BrFNO2. The summed E-state index contributed by atoms with van der Waals surface area (Å²) in [6.45, 7) is 2.09. The minimum Gasteiger partial charge on any atom is -0.258 e. The minimum atomic E-state index is -0.700. The highest BCUT2D eigenvalue weighted by molar-refractivity contribution is 9.09. The van der Waals surface area contributed by atoms with Crippen molar-refractivity contribution in [3.8, 4) is 0 Å². The molecule has 5 heteroatoms. The summed E-state index contributed by atoms with van der Waals surface area (Å²) in [6.07, 6.45) is 3.39. The summed E-state index contributed by atoms with van der Waals surface area (Å²) in [4.78, 5) is 10.2. The second kappa shape index (κ2) is 6.69. The monoisotopic (exact) mass is 303 g/mol. The van der Waals surface area contributed by atoms with Crippen LogP contribution in [0, 0.1) is 15.9 Å². The molecule has 0 aromatic heterocycles. The quantitative estimate of drug-likeness (QED) is 0.448. The van der Waals surface area contributed by atoms with E-state index < -0.39 is 16.4 Å². The van der Waals surface area contributed by atoms with Crippen LogP contribution in [0.5, 0.6) is 0 Å². The Morgan fingerprint density at radius 1 is 1.47 bits per heavy atom. The van der Waals surface area contributed by atoms with E-state index in [-0.39, 0.29) is 0 Å². The molecule has 1 atom stereocenters. The number of benzene rings is 1. The summed E-state index contributed by atoms with van der Waals surface area (Å²) in [6, 6.07) is 4.32. The first-order valence-electron chi connectivity index (χ1n) is 5.62. The third-order valence-electron chi connectivity index (χ3n) is 2.58. The van der Waals surface area contributed by atoms with E-state index in [1.165, 1.54) is 12.1 Å². The molecule has 0 aliphatic rings. The molecule has 0 bridgehead atoms. The second-order valence-corrected chi connectivity index (χ2v) is 5.23. The number of hydrogen-bond acceptors (Lipinski definition) is 2. The number of hydrogen-bond donors (Lipinski definition) is 0. The van der Waals surface area contributed by atoms with Crippen LogP contribution >= 0.6 is 15.9 Å². The average molecular weight is 304 g/mol. The lowest BCUT2D eigenvalue weighted by Crippen LogP contribution is -2.02. The highest BCUT2D eigenvalue weighted by Crippen LogP contribution is 2.23. The van der Waals surface area contributed by atoms with Gasteiger partial charge in [0, 0.05) is 10.9 Å². The fraction of sp³-hybridized carbons (Fsp3) is 0.500. The smallest absolute Gasteiger partial charge is 0.258 e. The molecule has 0 spiro atoms. The molecule has 0 saturated heterocycles. The van der Waals surface area contributed by atoms with Gasteiger partial charge >= 0.3 is 5.69 Å². The third-order valence-corrected chi connectivity index (χ3v) is 3.50. The number of alkyl halides is 1. The number of nitro groups is 1. The molecule has 0 heterocycles. The molecule has 0 fully saturated rings. The van der Waals surface area contributed by atoms with E-state index in [1.807, 2.05) is 0 Å². The maximum atomic E-state index is 13.7. The maximum Gasteiger partial charge on any atom is 0.305 e. The van der Waals surface area contributed by atoms with Crippen molar-refractivity contribution in [2.24, 2.45) is 0 Å². The van der Waals surface area contributed by atoms with Crippen molar-refractivity contribution in [2.75, 3.05) is 0 Å². The fourth-order valence-electron chi connectivity index (χ4n) is 1.67. The van der Waals surface area contributed by atoms with Crippen molar-refractivity contribution in [3.63, 3.8) is 0 Å². The molecule has 1 aromatic rings. The zero-order valence-corrected chi connectivity index (χ0v) is 11.2. The molecule has 0 radical (unpaired) electrons. The van der Waals surface area contributed by atoms with Crippen LogP contribution < -0.4 is 0 Å². The molecule has 1 unspecified atom stereocenters. The van der Waals surface area contributed by atoms with Crippen LogP contribution in [0.2, 0.25) is 0 Å². The first kappa shape index (κ1) is 14.1. The van der Waals surface area contributed by atoms with Gasteiger partial charge in [0.1, 0.15) is 0 Å². The van der Waals surface area contributed by atoms with E-state index >= 15 is 0 Å². The van der Waals surface area contributed by atoms with Gasteiger partial charge in [-0.05, 0) is 24.8 Å². The summed E-state index contributed by atoms with van der Waals surface area (Å²) in [5.74, 6) is -0.700. The summed E-state index contributed by atoms with van der Waals surface area (Å²) in [7, 11) is 0. The molecule has 0 saturated carbocycles. The van der Waals surface area contributed by atoms with Crippen molar-refractivity contribution in [3.05, 3.63) is 39.7 Å². The van der Waals surface area contributed by atoms with E-state index in [0.717, 1.165) is 19.3 Å². The normalized spacial score (nSPS) is 12.4. The van der Waals surface area contributed by atoms with Crippen molar-refractivity contribution in [2.45, 2.75) is 37.4 Å². The number of rotatable bonds is 6. The molecule has 17 heavy (non-hydrogen) atoms. The predicted octanol–water partition coefficient (Wildman–Crippen LogP) is 4.23. The van der Waals surface area contributed by atoms with Gasteiger partial charge in [0.25, 0.3) is 0 Å². The molecule has 0 aliphatic carbocycles. The minimum absolute atomic E-state index is 0.339. The Hall–Kier alpha value is -0.970. The van der Waals surface area contributed by atoms with Crippen molar-refractivity contribution < 1.29 is 9.31 Å². The van der Waals surface area contributed by atoms with Crippen LogP contribution in [0.25, 0.3) is 0 Å². The van der Waals surface area contributed by atoms with Gasteiger partial charge in [-0.2, -0.15) is 4.39 Å². The van der Waals surface area contributed by atoms with Crippen molar-refractivity contribution in [1.82, 2.24) is 0 Å². The number of nitrogens with zero attached hydrogens (tertiary/aromatic N) is 1. The van der Waals surface area contributed by atoms with E-state index in [0.29, 0.717) is 16.8 Å². The summed E-state index contributed by atoms with van der Waals surface area (Å²) in [5, 5.41) is 10.6. The second-order valence-electron chi connectivity index (χ2n) is 3.93. The first-order valence-corrected chi connectivity index (χ1v) is 6.53. The Morgan fingerprint density at radius 2 is 2.18 bits per heavy atom. The van der Waals surface area contributed by atoms with Crippen LogP contribution in [0.4, 0.5) is 10.1 Å². The molecule has 0 N–H and O–H groups in total. The zero-order valence-electron chi connectivity index (χ0n) is 9.66. The Balaban J connectivity index is 2.72. The number of nitro benzene ring substituents is 1. The summed E-state index contributed by atoms with van der Waals surface area (Å²) < 4.78 is 13.7. The van der Waals surface area contributed by atoms with Gasteiger partial charge in [0.15, 0.2) is 0 Å². The standard InChI is InChI=1S/C12H15BrFNO2/c1-2-4-10(13)8-7-9-5-3-6-11(12(9)14)15(16)17/h3,5-6,10H,2,4,7-8H2,1H3. The fourth-order valence-corrected chi connectivity index (χ4v) is 2.36. The SMILES string of the molecule is CCCC(Br)CCc1cccc([N+](=O)[O-])c1F. The van der Waals surface area contributed by atoms with E-state index in [1.54, 1.807) is 6.07 Å². The highest BCUT2D eigenvalue weighted by atomic mass is 79.9. The van der Waals surface area contributed by atoms with Gasteiger partial charge in [0.2, 0.25) is 5.82 Å². The lowest BCUT2D eigenvalue weighted by atomic mass is 10.0. The van der Waals surface area contributed by atoms with Crippen LogP contribution in [0.1, 0.15) is 31.7 Å². The third kappa shape index (κ3) is 4.07. The van der Waals surface area contributed by atoms with Gasteiger partial charge in [-0.15, -0.1) is 0 Å². The number of halogens is 2. The van der Waals surface area contributed by atoms with Gasteiger partial charge in [-0.25, -0.2) is 0 Å².